The minimum absolute atomic E-state index is 0.135. The van der Waals surface area contributed by atoms with Crippen molar-refractivity contribution in [2.24, 2.45) is 5.92 Å². The number of hydrogen-bond acceptors (Lipinski definition) is 2. The number of nitrogens with one attached hydrogen (secondary N) is 1. The zero-order valence-corrected chi connectivity index (χ0v) is 13.4. The van der Waals surface area contributed by atoms with Gasteiger partial charge in [0.25, 0.3) is 0 Å². The molecule has 0 saturated heterocycles. The van der Waals surface area contributed by atoms with Crippen molar-refractivity contribution in [1.82, 2.24) is 5.32 Å². The van der Waals surface area contributed by atoms with Gasteiger partial charge < -0.3 is 5.32 Å². The number of carbonyl (C=O) groups is 1. The molecule has 0 radical (unpaired) electrons. The van der Waals surface area contributed by atoms with Crippen molar-refractivity contribution >= 4 is 17.7 Å². The Morgan fingerprint density at radius 2 is 1.74 bits per heavy atom. The highest BCUT2D eigenvalue weighted by atomic mass is 32.2. The Morgan fingerprint density at radius 3 is 2.26 bits per heavy atom. The molecule has 0 aliphatic carbocycles. The summed E-state index contributed by atoms with van der Waals surface area (Å²) < 4.78 is 0. The molecule has 19 heavy (non-hydrogen) atoms. The lowest BCUT2D eigenvalue weighted by molar-refractivity contribution is -0.119. The summed E-state index contributed by atoms with van der Waals surface area (Å²) in [5, 5.41) is 3.03. The van der Waals surface area contributed by atoms with Crippen molar-refractivity contribution in [3.8, 4) is 0 Å². The molecule has 1 aromatic rings. The molecule has 0 heterocycles. The molecule has 0 spiro atoms. The topological polar surface area (TPSA) is 29.1 Å². The first-order valence-electron chi connectivity index (χ1n) is 6.82. The van der Waals surface area contributed by atoms with E-state index >= 15 is 0 Å². The van der Waals surface area contributed by atoms with Crippen LogP contribution in [0.2, 0.25) is 0 Å². The number of hydrogen-bond donors (Lipinski definition) is 1. The second-order valence-electron chi connectivity index (χ2n) is 5.59. The molecule has 0 bridgehead atoms. The van der Waals surface area contributed by atoms with E-state index in [1.54, 1.807) is 11.8 Å². The van der Waals surface area contributed by atoms with Crippen molar-refractivity contribution < 1.29 is 4.79 Å². The summed E-state index contributed by atoms with van der Waals surface area (Å²) in [6.45, 7) is 10.5. The molecule has 0 unspecified atom stereocenters. The second-order valence-corrected chi connectivity index (χ2v) is 6.57. The first-order valence-corrected chi connectivity index (χ1v) is 7.98. The van der Waals surface area contributed by atoms with E-state index in [1.807, 2.05) is 0 Å². The predicted octanol–water partition coefficient (Wildman–Crippen LogP) is 3.70. The average Bonchev–Trinajstić information content (AvgIpc) is 2.27. The molecule has 1 atom stereocenters. The number of benzene rings is 1. The summed E-state index contributed by atoms with van der Waals surface area (Å²) in [5.41, 5.74) is 3.87. The van der Waals surface area contributed by atoms with Crippen LogP contribution in [0.5, 0.6) is 0 Å². The van der Waals surface area contributed by atoms with Crippen LogP contribution in [0.3, 0.4) is 0 Å². The Hall–Kier alpha value is -0.960. The molecule has 2 nitrogen and oxygen atoms in total. The SMILES string of the molecule is Cc1cc(C)cc(CSCC(=O)N[C@@H](C)C(C)C)c1. The summed E-state index contributed by atoms with van der Waals surface area (Å²) in [6.07, 6.45) is 0. The van der Waals surface area contributed by atoms with Crippen LogP contribution < -0.4 is 5.32 Å². The summed E-state index contributed by atoms with van der Waals surface area (Å²) in [5.74, 6) is 2.04. The Bertz CT molecular complexity index is 409. The molecule has 1 aromatic carbocycles. The maximum atomic E-state index is 11.8. The number of carbonyl (C=O) groups excluding carboxylic acids is 1. The number of thioether (sulfide) groups is 1. The van der Waals surface area contributed by atoms with E-state index in [0.717, 1.165) is 5.75 Å². The van der Waals surface area contributed by atoms with Gasteiger partial charge in [-0.1, -0.05) is 43.2 Å². The van der Waals surface area contributed by atoms with Gasteiger partial charge in [-0.05, 0) is 32.3 Å². The standard InChI is InChI=1S/C16H25NOS/c1-11(2)14(5)17-16(18)10-19-9-15-7-12(3)6-13(4)8-15/h6-8,11,14H,9-10H2,1-5H3,(H,17,18)/t14-/m0/s1. The quantitative estimate of drug-likeness (QED) is 0.860. The van der Waals surface area contributed by atoms with Gasteiger partial charge in [0.05, 0.1) is 5.75 Å². The van der Waals surface area contributed by atoms with Crippen molar-refractivity contribution in [2.75, 3.05) is 5.75 Å². The average molecular weight is 279 g/mol. The molecule has 0 aromatic heterocycles. The molecular weight excluding hydrogens is 254 g/mol. The van der Waals surface area contributed by atoms with E-state index in [9.17, 15) is 4.79 Å². The summed E-state index contributed by atoms with van der Waals surface area (Å²) in [6, 6.07) is 6.79. The Balaban J connectivity index is 2.35. The molecule has 0 aliphatic rings. The van der Waals surface area contributed by atoms with E-state index in [2.05, 4.69) is 58.1 Å². The Morgan fingerprint density at radius 1 is 1.16 bits per heavy atom. The minimum atomic E-state index is 0.135. The maximum Gasteiger partial charge on any atom is 0.230 e. The monoisotopic (exact) mass is 279 g/mol. The van der Waals surface area contributed by atoms with Crippen LogP contribution in [0.25, 0.3) is 0 Å². The zero-order chi connectivity index (χ0) is 14.4. The molecule has 0 fully saturated rings. The van der Waals surface area contributed by atoms with Crippen LogP contribution >= 0.6 is 11.8 Å². The molecule has 1 rings (SSSR count). The highest BCUT2D eigenvalue weighted by Crippen LogP contribution is 2.15. The van der Waals surface area contributed by atoms with Gasteiger partial charge in [0, 0.05) is 11.8 Å². The first kappa shape index (κ1) is 16.1. The lowest BCUT2D eigenvalue weighted by atomic mass is 10.1. The highest BCUT2D eigenvalue weighted by Gasteiger charge is 2.10. The van der Waals surface area contributed by atoms with Gasteiger partial charge in [0.15, 0.2) is 0 Å². The van der Waals surface area contributed by atoms with Gasteiger partial charge >= 0.3 is 0 Å². The molecule has 106 valence electrons. The van der Waals surface area contributed by atoms with Gasteiger partial charge in [-0.15, -0.1) is 11.8 Å². The fourth-order valence-corrected chi connectivity index (χ4v) is 2.65. The van der Waals surface area contributed by atoms with Crippen LogP contribution in [0, 0.1) is 19.8 Å². The van der Waals surface area contributed by atoms with Crippen LogP contribution in [-0.2, 0) is 10.5 Å². The Kier molecular flexibility index (Phi) is 6.43. The van der Waals surface area contributed by atoms with Gasteiger partial charge in [-0.3, -0.25) is 4.79 Å². The van der Waals surface area contributed by atoms with E-state index in [0.29, 0.717) is 11.7 Å². The van der Waals surface area contributed by atoms with Gasteiger partial charge in [-0.25, -0.2) is 0 Å². The van der Waals surface area contributed by atoms with E-state index < -0.39 is 0 Å². The van der Waals surface area contributed by atoms with E-state index in [-0.39, 0.29) is 11.9 Å². The molecule has 0 aliphatic heterocycles. The van der Waals surface area contributed by atoms with Gasteiger partial charge in [-0.2, -0.15) is 0 Å². The largest absolute Gasteiger partial charge is 0.353 e. The van der Waals surface area contributed by atoms with Crippen molar-refractivity contribution in [3.63, 3.8) is 0 Å². The lowest BCUT2D eigenvalue weighted by Gasteiger charge is -2.17. The highest BCUT2D eigenvalue weighted by molar-refractivity contribution is 7.99. The molecule has 3 heteroatoms. The van der Waals surface area contributed by atoms with Gasteiger partial charge in [0.2, 0.25) is 5.91 Å². The zero-order valence-electron chi connectivity index (χ0n) is 12.6. The molecule has 1 amide bonds. The smallest absolute Gasteiger partial charge is 0.230 e. The van der Waals surface area contributed by atoms with Crippen molar-refractivity contribution in [3.05, 3.63) is 34.9 Å². The molecule has 1 N–H and O–H groups in total. The molecule has 0 saturated carbocycles. The number of rotatable bonds is 6. The van der Waals surface area contributed by atoms with Gasteiger partial charge in [0.1, 0.15) is 0 Å². The fraction of sp³-hybridized carbons (Fsp3) is 0.562. The lowest BCUT2D eigenvalue weighted by Crippen LogP contribution is -2.37. The summed E-state index contributed by atoms with van der Waals surface area (Å²) in [4.78, 5) is 11.8. The summed E-state index contributed by atoms with van der Waals surface area (Å²) in [7, 11) is 0. The summed E-state index contributed by atoms with van der Waals surface area (Å²) >= 11 is 1.67. The van der Waals surface area contributed by atoms with Crippen LogP contribution in [0.15, 0.2) is 18.2 Å². The van der Waals surface area contributed by atoms with Crippen molar-refractivity contribution in [1.29, 1.82) is 0 Å². The normalized spacial score (nSPS) is 12.5. The van der Waals surface area contributed by atoms with Crippen LogP contribution in [-0.4, -0.2) is 17.7 Å². The number of amides is 1. The van der Waals surface area contributed by atoms with Crippen LogP contribution in [0.4, 0.5) is 0 Å². The first-order chi connectivity index (χ1) is 8.88. The minimum Gasteiger partial charge on any atom is -0.353 e. The third-order valence-electron chi connectivity index (χ3n) is 3.17. The van der Waals surface area contributed by atoms with Crippen molar-refractivity contribution in [2.45, 2.75) is 46.4 Å². The van der Waals surface area contributed by atoms with E-state index in [1.165, 1.54) is 16.7 Å². The third-order valence-corrected chi connectivity index (χ3v) is 4.18. The third kappa shape index (κ3) is 6.15. The Labute approximate surface area is 121 Å². The predicted molar refractivity (Wildman–Crippen MR) is 84.5 cm³/mol. The fourth-order valence-electron chi connectivity index (χ4n) is 1.88. The van der Waals surface area contributed by atoms with E-state index in [4.69, 9.17) is 0 Å². The van der Waals surface area contributed by atoms with Crippen LogP contribution in [0.1, 0.15) is 37.5 Å². The number of aryl methyl sites for hydroxylation is 2. The molecular formula is C16H25NOS. The maximum absolute atomic E-state index is 11.8. The second kappa shape index (κ2) is 7.59.